The first kappa shape index (κ1) is 14.7. The Kier molecular flexibility index (Phi) is 3.96. The fourth-order valence-electron chi connectivity index (χ4n) is 2.83. The third kappa shape index (κ3) is 2.88. The number of esters is 1. The first-order valence-electron chi connectivity index (χ1n) is 7.27. The monoisotopic (exact) mass is 310 g/mol. The van der Waals surface area contributed by atoms with Gasteiger partial charge in [-0.2, -0.15) is 0 Å². The minimum Gasteiger partial charge on any atom is -0.461 e. The second-order valence-corrected chi connectivity index (χ2v) is 5.51. The van der Waals surface area contributed by atoms with Gasteiger partial charge < -0.3 is 10.1 Å². The van der Waals surface area contributed by atoms with E-state index in [2.05, 4.69) is 5.32 Å². The average Bonchev–Trinajstić information content (AvgIpc) is 2.97. The molecule has 1 aliphatic carbocycles. The van der Waals surface area contributed by atoms with Gasteiger partial charge in [0.2, 0.25) is 5.91 Å². The topological polar surface area (TPSA) is 58.6 Å². The third-order valence-electron chi connectivity index (χ3n) is 3.95. The number of carbonyl (C=O) groups is 2. The molecule has 1 fully saturated rings. The van der Waals surface area contributed by atoms with E-state index < -0.39 is 17.6 Å². The predicted molar refractivity (Wildman–Crippen MR) is 75.5 cm³/mol. The molecular formula is C15H16F2N2O3. The van der Waals surface area contributed by atoms with Crippen molar-refractivity contribution < 1.29 is 23.1 Å². The number of nitrogens with one attached hydrogen (secondary N) is 1. The molecule has 3 rings (SSSR count). The van der Waals surface area contributed by atoms with Crippen molar-refractivity contribution in [1.82, 2.24) is 0 Å². The Morgan fingerprint density at radius 3 is 2.68 bits per heavy atom. The summed E-state index contributed by atoms with van der Waals surface area (Å²) < 4.78 is 32.0. The number of rotatable bonds is 3. The highest BCUT2D eigenvalue weighted by Crippen LogP contribution is 2.31. The fraction of sp³-hybridized carbons (Fsp3) is 0.467. The van der Waals surface area contributed by atoms with E-state index in [1.165, 1.54) is 0 Å². The van der Waals surface area contributed by atoms with Crippen molar-refractivity contribution in [2.75, 3.05) is 23.3 Å². The van der Waals surface area contributed by atoms with Crippen LogP contribution in [0.5, 0.6) is 0 Å². The number of nitrogens with zero attached hydrogens (tertiary/aromatic N) is 1. The molecule has 0 saturated heterocycles. The molecule has 1 amide bonds. The summed E-state index contributed by atoms with van der Waals surface area (Å²) in [7, 11) is 0. The van der Waals surface area contributed by atoms with Crippen LogP contribution in [0.1, 0.15) is 25.7 Å². The quantitative estimate of drug-likeness (QED) is 0.870. The summed E-state index contributed by atoms with van der Waals surface area (Å²) in [6.45, 7) is -0.371. The summed E-state index contributed by atoms with van der Waals surface area (Å²) in [5.74, 6) is -2.99. The molecule has 0 spiro atoms. The standard InChI is InChI=1S/C15H16F2N2O3/c16-10-5-12-13(6-11(10)17)19(14(20)7-18-12)8-15(21)22-9-3-1-2-4-9/h5-6,9,18H,1-4,7-8H2. The lowest BCUT2D eigenvalue weighted by molar-refractivity contribution is -0.147. The molecule has 7 heteroatoms. The van der Waals surface area contributed by atoms with Gasteiger partial charge in [0.25, 0.3) is 0 Å². The van der Waals surface area contributed by atoms with E-state index in [1.54, 1.807) is 0 Å². The van der Waals surface area contributed by atoms with Gasteiger partial charge in [0.1, 0.15) is 12.6 Å². The van der Waals surface area contributed by atoms with Crippen molar-refractivity contribution in [2.24, 2.45) is 0 Å². The lowest BCUT2D eigenvalue weighted by Crippen LogP contribution is -2.43. The lowest BCUT2D eigenvalue weighted by atomic mass is 10.2. The first-order chi connectivity index (χ1) is 10.5. The highest BCUT2D eigenvalue weighted by atomic mass is 19.2. The van der Waals surface area contributed by atoms with Crippen LogP contribution in [0.15, 0.2) is 12.1 Å². The number of hydrogen-bond acceptors (Lipinski definition) is 4. The molecule has 0 aromatic heterocycles. The lowest BCUT2D eigenvalue weighted by Gasteiger charge is -2.29. The molecule has 1 aromatic rings. The minimum absolute atomic E-state index is 0.0746. The molecule has 1 saturated carbocycles. The minimum atomic E-state index is -1.07. The van der Waals surface area contributed by atoms with E-state index >= 15 is 0 Å². The molecule has 1 aromatic carbocycles. The molecule has 2 aliphatic rings. The van der Waals surface area contributed by atoms with Crippen LogP contribution in [0.25, 0.3) is 0 Å². The molecule has 0 atom stereocenters. The van der Waals surface area contributed by atoms with Gasteiger partial charge in [-0.1, -0.05) is 0 Å². The first-order valence-corrected chi connectivity index (χ1v) is 7.27. The fourth-order valence-corrected chi connectivity index (χ4v) is 2.83. The summed E-state index contributed by atoms with van der Waals surface area (Å²) in [5.41, 5.74) is 0.436. The van der Waals surface area contributed by atoms with Crippen molar-refractivity contribution >= 4 is 23.3 Å². The highest BCUT2D eigenvalue weighted by molar-refractivity contribution is 6.05. The molecule has 1 heterocycles. The maximum absolute atomic E-state index is 13.4. The van der Waals surface area contributed by atoms with Gasteiger partial charge >= 0.3 is 5.97 Å². The Bertz CT molecular complexity index is 615. The molecule has 0 bridgehead atoms. The average molecular weight is 310 g/mol. The van der Waals surface area contributed by atoms with Gasteiger partial charge in [-0.3, -0.25) is 14.5 Å². The van der Waals surface area contributed by atoms with Crippen LogP contribution in [-0.2, 0) is 14.3 Å². The number of benzene rings is 1. The van der Waals surface area contributed by atoms with Crippen molar-refractivity contribution in [3.8, 4) is 0 Å². The maximum Gasteiger partial charge on any atom is 0.326 e. The number of anilines is 2. The van der Waals surface area contributed by atoms with Crippen molar-refractivity contribution in [3.63, 3.8) is 0 Å². The van der Waals surface area contributed by atoms with Crippen LogP contribution < -0.4 is 10.2 Å². The molecule has 22 heavy (non-hydrogen) atoms. The normalized spacial score (nSPS) is 18.1. The zero-order valence-corrected chi connectivity index (χ0v) is 11.9. The highest BCUT2D eigenvalue weighted by Gasteiger charge is 2.29. The molecular weight excluding hydrogens is 294 g/mol. The Hall–Kier alpha value is -2.18. The van der Waals surface area contributed by atoms with Gasteiger partial charge in [0.05, 0.1) is 17.9 Å². The number of carbonyl (C=O) groups excluding carboxylic acids is 2. The van der Waals surface area contributed by atoms with Crippen molar-refractivity contribution in [2.45, 2.75) is 31.8 Å². The third-order valence-corrected chi connectivity index (χ3v) is 3.95. The molecule has 118 valence electrons. The molecule has 0 unspecified atom stereocenters. The molecule has 1 N–H and O–H groups in total. The van der Waals surface area contributed by atoms with E-state index in [4.69, 9.17) is 4.74 Å². The molecule has 5 nitrogen and oxygen atoms in total. The number of halogens is 2. The van der Waals surface area contributed by atoms with Gasteiger partial charge in [-0.05, 0) is 25.7 Å². The largest absolute Gasteiger partial charge is 0.461 e. The summed E-state index contributed by atoms with van der Waals surface area (Å²) in [5, 5.41) is 2.71. The van der Waals surface area contributed by atoms with Gasteiger partial charge in [0, 0.05) is 12.1 Å². The summed E-state index contributed by atoms with van der Waals surface area (Å²) in [6, 6.07) is 1.89. The van der Waals surface area contributed by atoms with E-state index in [1.807, 2.05) is 0 Å². The predicted octanol–water partition coefficient (Wildman–Crippen LogP) is 2.21. The van der Waals surface area contributed by atoms with Crippen LogP contribution in [0.4, 0.5) is 20.2 Å². The maximum atomic E-state index is 13.4. The number of hydrogen-bond donors (Lipinski definition) is 1. The van der Waals surface area contributed by atoms with Crippen LogP contribution >= 0.6 is 0 Å². The van der Waals surface area contributed by atoms with Gasteiger partial charge in [0.15, 0.2) is 11.6 Å². The van der Waals surface area contributed by atoms with Crippen LogP contribution in [-0.4, -0.2) is 31.1 Å². The molecule has 1 aliphatic heterocycles. The van der Waals surface area contributed by atoms with E-state index in [0.29, 0.717) is 0 Å². The Morgan fingerprint density at radius 2 is 1.95 bits per heavy atom. The summed E-state index contributed by atoms with van der Waals surface area (Å²) in [4.78, 5) is 25.1. The van der Waals surface area contributed by atoms with Crippen LogP contribution in [0, 0.1) is 11.6 Å². The van der Waals surface area contributed by atoms with E-state index in [9.17, 15) is 18.4 Å². The van der Waals surface area contributed by atoms with E-state index in [-0.39, 0.29) is 36.5 Å². The van der Waals surface area contributed by atoms with Gasteiger partial charge in [-0.15, -0.1) is 0 Å². The Balaban J connectivity index is 1.76. The van der Waals surface area contributed by atoms with Crippen LogP contribution in [0.3, 0.4) is 0 Å². The zero-order chi connectivity index (χ0) is 15.7. The summed E-state index contributed by atoms with van der Waals surface area (Å²) >= 11 is 0. The smallest absolute Gasteiger partial charge is 0.326 e. The SMILES string of the molecule is O=C(CN1C(=O)CNc2cc(F)c(F)cc21)OC1CCCC1. The second kappa shape index (κ2) is 5.90. The Labute approximate surface area is 126 Å². The zero-order valence-electron chi connectivity index (χ0n) is 11.9. The Morgan fingerprint density at radius 1 is 1.27 bits per heavy atom. The van der Waals surface area contributed by atoms with Crippen molar-refractivity contribution in [3.05, 3.63) is 23.8 Å². The number of fused-ring (bicyclic) bond motifs is 1. The van der Waals surface area contributed by atoms with Crippen LogP contribution in [0.2, 0.25) is 0 Å². The molecule has 0 radical (unpaired) electrons. The van der Waals surface area contributed by atoms with Crippen molar-refractivity contribution in [1.29, 1.82) is 0 Å². The van der Waals surface area contributed by atoms with Gasteiger partial charge in [-0.25, -0.2) is 8.78 Å². The summed E-state index contributed by atoms with van der Waals surface area (Å²) in [6.07, 6.45) is 3.61. The van der Waals surface area contributed by atoms with E-state index in [0.717, 1.165) is 42.7 Å². The number of amides is 1. The number of ether oxygens (including phenoxy) is 1. The second-order valence-electron chi connectivity index (χ2n) is 5.51.